The van der Waals surface area contributed by atoms with Crippen LogP contribution in [0.5, 0.6) is 0 Å². The first-order valence-corrected chi connectivity index (χ1v) is 7.53. The number of nitrogen functional groups attached to an aromatic ring is 1. The topological polar surface area (TPSA) is 98.7 Å². The van der Waals surface area contributed by atoms with Crippen molar-refractivity contribution in [3.63, 3.8) is 0 Å². The molecule has 4 N–H and O–H groups in total. The van der Waals surface area contributed by atoms with Gasteiger partial charge in [0, 0.05) is 19.7 Å². The van der Waals surface area contributed by atoms with Crippen molar-refractivity contribution in [1.29, 1.82) is 0 Å². The lowest BCUT2D eigenvalue weighted by atomic mass is 10.2. The molecule has 1 aromatic rings. The summed E-state index contributed by atoms with van der Waals surface area (Å²) in [5, 5.41) is 5.14. The number of nitrogens with zero attached hydrogens (tertiary/aromatic N) is 1. The maximum absolute atomic E-state index is 11.4. The molecule has 0 aliphatic carbocycles. The summed E-state index contributed by atoms with van der Waals surface area (Å²) in [7, 11) is -2.12. The molecule has 7 heteroatoms. The van der Waals surface area contributed by atoms with Crippen molar-refractivity contribution < 1.29 is 13.2 Å². The second-order valence-electron chi connectivity index (χ2n) is 4.36. The van der Waals surface area contributed by atoms with Gasteiger partial charge in [0.05, 0.1) is 22.9 Å². The summed E-state index contributed by atoms with van der Waals surface area (Å²) < 4.78 is 27.9. The Morgan fingerprint density at radius 3 is 2.53 bits per heavy atom. The van der Waals surface area contributed by atoms with Crippen LogP contribution in [0.1, 0.15) is 13.8 Å². The smallest absolute Gasteiger partial charge is 0.238 e. The lowest BCUT2D eigenvalue weighted by Gasteiger charge is -2.31. The number of primary sulfonamides is 1. The summed E-state index contributed by atoms with van der Waals surface area (Å²) in [6.07, 6.45) is 0. The van der Waals surface area contributed by atoms with E-state index >= 15 is 0 Å². The molecule has 0 aliphatic rings. The van der Waals surface area contributed by atoms with Gasteiger partial charge in [-0.3, -0.25) is 0 Å². The van der Waals surface area contributed by atoms with Gasteiger partial charge < -0.3 is 15.4 Å². The van der Waals surface area contributed by atoms with E-state index in [1.165, 1.54) is 12.1 Å². The lowest BCUT2D eigenvalue weighted by Crippen LogP contribution is -2.36. The van der Waals surface area contributed by atoms with Crippen molar-refractivity contribution in [2.24, 2.45) is 5.14 Å². The van der Waals surface area contributed by atoms with Crippen LogP contribution in [0, 0.1) is 0 Å². The number of nitrogens with two attached hydrogens (primary N) is 2. The molecule has 19 heavy (non-hydrogen) atoms. The van der Waals surface area contributed by atoms with Gasteiger partial charge in [0.1, 0.15) is 0 Å². The Hall–Kier alpha value is -1.31. The van der Waals surface area contributed by atoms with Crippen LogP contribution < -0.4 is 15.8 Å². The number of hydrogen-bond donors (Lipinski definition) is 2. The summed E-state index contributed by atoms with van der Waals surface area (Å²) in [4.78, 5) is 2.04. The second kappa shape index (κ2) is 6.23. The van der Waals surface area contributed by atoms with Crippen molar-refractivity contribution in [1.82, 2.24) is 0 Å². The van der Waals surface area contributed by atoms with Gasteiger partial charge in [-0.15, -0.1) is 0 Å². The minimum atomic E-state index is -3.74. The van der Waals surface area contributed by atoms with E-state index in [1.807, 2.05) is 18.7 Å². The van der Waals surface area contributed by atoms with Crippen LogP contribution in [0.25, 0.3) is 0 Å². The van der Waals surface area contributed by atoms with Gasteiger partial charge in [-0.25, -0.2) is 13.6 Å². The third-order valence-corrected chi connectivity index (χ3v) is 3.83. The van der Waals surface area contributed by atoms with Crippen molar-refractivity contribution in [2.45, 2.75) is 24.8 Å². The number of hydrogen-bond acceptors (Lipinski definition) is 5. The molecule has 108 valence electrons. The molecule has 0 aromatic heterocycles. The highest BCUT2D eigenvalue weighted by Gasteiger charge is 2.18. The number of anilines is 2. The molecule has 6 nitrogen and oxygen atoms in total. The highest BCUT2D eigenvalue weighted by Crippen LogP contribution is 2.27. The Bertz CT molecular complexity index is 531. The Labute approximate surface area is 114 Å². The zero-order chi connectivity index (χ0) is 14.6. The van der Waals surface area contributed by atoms with Gasteiger partial charge in [0.2, 0.25) is 10.0 Å². The Balaban J connectivity index is 3.23. The first-order valence-electron chi connectivity index (χ1n) is 5.99. The molecule has 0 radical (unpaired) electrons. The highest BCUT2D eigenvalue weighted by molar-refractivity contribution is 7.89. The van der Waals surface area contributed by atoms with E-state index in [4.69, 9.17) is 15.6 Å². The third kappa shape index (κ3) is 3.82. The maximum Gasteiger partial charge on any atom is 0.238 e. The fourth-order valence-corrected chi connectivity index (χ4v) is 2.53. The second-order valence-corrected chi connectivity index (χ2v) is 5.92. The predicted octanol–water partition coefficient (Wildman–Crippen LogP) is 0.777. The van der Waals surface area contributed by atoms with Crippen LogP contribution in [-0.4, -0.2) is 34.7 Å². The SMILES string of the molecule is CCN(c1cc(S(N)(=O)=O)ccc1N)C(C)COC. The van der Waals surface area contributed by atoms with Crippen LogP contribution >= 0.6 is 0 Å². The summed E-state index contributed by atoms with van der Waals surface area (Å²) in [5.41, 5.74) is 7.09. The fourth-order valence-electron chi connectivity index (χ4n) is 2.00. The van der Waals surface area contributed by atoms with Gasteiger partial charge in [0.25, 0.3) is 0 Å². The van der Waals surface area contributed by atoms with E-state index < -0.39 is 10.0 Å². The standard InChI is InChI=1S/C12H21N3O3S/c1-4-15(9(2)8-18-3)12-7-10(19(14,16)17)5-6-11(12)13/h5-7,9H,4,8,13H2,1-3H3,(H2,14,16,17). The van der Waals surface area contributed by atoms with Gasteiger partial charge in [-0.05, 0) is 32.0 Å². The minimum Gasteiger partial charge on any atom is -0.397 e. The summed E-state index contributed by atoms with van der Waals surface area (Å²) in [5.74, 6) is 0. The Kier molecular flexibility index (Phi) is 5.16. The molecule has 0 saturated carbocycles. The van der Waals surface area contributed by atoms with Gasteiger partial charge in [-0.2, -0.15) is 0 Å². The van der Waals surface area contributed by atoms with Crippen molar-refractivity contribution >= 4 is 21.4 Å². The van der Waals surface area contributed by atoms with Crippen LogP contribution in [0.4, 0.5) is 11.4 Å². The molecule has 0 heterocycles. The first kappa shape index (κ1) is 15.7. The highest BCUT2D eigenvalue weighted by atomic mass is 32.2. The van der Waals surface area contributed by atoms with Gasteiger partial charge in [0.15, 0.2) is 0 Å². The lowest BCUT2D eigenvalue weighted by molar-refractivity contribution is 0.182. The molecule has 1 atom stereocenters. The molecular formula is C12H21N3O3S. The monoisotopic (exact) mass is 287 g/mol. The van der Waals surface area contributed by atoms with Crippen LogP contribution in [-0.2, 0) is 14.8 Å². The number of sulfonamides is 1. The average Bonchev–Trinajstić information content (AvgIpc) is 2.31. The fraction of sp³-hybridized carbons (Fsp3) is 0.500. The molecule has 0 amide bonds. The molecule has 1 aromatic carbocycles. The minimum absolute atomic E-state index is 0.0553. The quantitative estimate of drug-likeness (QED) is 0.753. The van der Waals surface area contributed by atoms with E-state index in [0.717, 1.165) is 0 Å². The normalized spacial score (nSPS) is 13.3. The van der Waals surface area contributed by atoms with Crippen molar-refractivity contribution in [3.8, 4) is 0 Å². The Morgan fingerprint density at radius 2 is 2.05 bits per heavy atom. The van der Waals surface area contributed by atoms with Gasteiger partial charge >= 0.3 is 0 Å². The van der Waals surface area contributed by atoms with Crippen molar-refractivity contribution in [3.05, 3.63) is 18.2 Å². The molecule has 0 spiro atoms. The summed E-state index contributed by atoms with van der Waals surface area (Å²) >= 11 is 0. The zero-order valence-corrected chi connectivity index (χ0v) is 12.3. The van der Waals surface area contributed by atoms with E-state index in [1.54, 1.807) is 13.2 Å². The number of methoxy groups -OCH3 is 1. The number of ether oxygens (including phenoxy) is 1. The molecule has 1 unspecified atom stereocenters. The molecule has 0 bridgehead atoms. The summed E-state index contributed by atoms with van der Waals surface area (Å²) in [6.45, 7) is 5.15. The first-order chi connectivity index (χ1) is 8.81. The molecule has 1 rings (SSSR count). The number of benzene rings is 1. The molecule has 0 fully saturated rings. The van der Waals surface area contributed by atoms with Crippen molar-refractivity contribution in [2.75, 3.05) is 30.9 Å². The molecular weight excluding hydrogens is 266 g/mol. The predicted molar refractivity (Wildman–Crippen MR) is 76.6 cm³/mol. The molecule has 0 saturated heterocycles. The van der Waals surface area contributed by atoms with Crippen LogP contribution in [0.3, 0.4) is 0 Å². The van der Waals surface area contributed by atoms with Crippen LogP contribution in [0.2, 0.25) is 0 Å². The van der Waals surface area contributed by atoms with Crippen LogP contribution in [0.15, 0.2) is 23.1 Å². The zero-order valence-electron chi connectivity index (χ0n) is 11.5. The van der Waals surface area contributed by atoms with E-state index in [-0.39, 0.29) is 10.9 Å². The van der Waals surface area contributed by atoms with E-state index in [9.17, 15) is 8.42 Å². The number of likely N-dealkylation sites (N-methyl/N-ethyl adjacent to an activating group) is 1. The summed E-state index contributed by atoms with van der Waals surface area (Å²) in [6, 6.07) is 4.54. The third-order valence-electron chi connectivity index (χ3n) is 2.92. The molecule has 0 aliphatic heterocycles. The van der Waals surface area contributed by atoms with E-state index in [2.05, 4.69) is 0 Å². The van der Waals surface area contributed by atoms with E-state index in [0.29, 0.717) is 24.5 Å². The van der Waals surface area contributed by atoms with Gasteiger partial charge in [-0.1, -0.05) is 0 Å². The average molecular weight is 287 g/mol. The number of rotatable bonds is 6. The largest absolute Gasteiger partial charge is 0.397 e. The Morgan fingerprint density at radius 1 is 1.42 bits per heavy atom. The maximum atomic E-state index is 11.4.